The Kier molecular flexibility index (Phi) is 15.4. The maximum atomic E-state index is 13.4. The number of benzene rings is 3. The second kappa shape index (κ2) is 19.0. The largest absolute Gasteiger partial charge is 0.512 e. The van der Waals surface area contributed by atoms with Gasteiger partial charge in [-0.05, 0) is 71.6 Å². The number of ketones is 1. The molecule has 2 aromatic heterocycles. The Morgan fingerprint density at radius 1 is 0.929 bits per heavy atom. The van der Waals surface area contributed by atoms with Gasteiger partial charge in [0.15, 0.2) is 5.78 Å². The van der Waals surface area contributed by atoms with Crippen molar-refractivity contribution in [2.75, 3.05) is 0 Å². The maximum absolute atomic E-state index is 13.4. The summed E-state index contributed by atoms with van der Waals surface area (Å²) in [4.78, 5) is 18.0. The van der Waals surface area contributed by atoms with Crippen molar-refractivity contribution in [3.8, 4) is 21.7 Å². The van der Waals surface area contributed by atoms with Gasteiger partial charge in [0, 0.05) is 59.5 Å². The first-order valence-electron chi connectivity index (χ1n) is 20.0. The number of alkyl halides is 3. The van der Waals surface area contributed by atoms with E-state index >= 15 is 0 Å². The van der Waals surface area contributed by atoms with Crippen LogP contribution in [0, 0.1) is 42.1 Å². The Hall–Kier alpha value is -3.32. The van der Waals surface area contributed by atoms with E-state index in [1.807, 2.05) is 84.1 Å². The Balaban J connectivity index is 0.000000390. The summed E-state index contributed by atoms with van der Waals surface area (Å²) < 4.78 is 49.2. The van der Waals surface area contributed by atoms with Crippen LogP contribution in [0.4, 0.5) is 13.2 Å². The van der Waals surface area contributed by atoms with Gasteiger partial charge in [0.25, 0.3) is 0 Å². The number of hydrogen-bond acceptors (Lipinski definition) is 4. The fraction of sp³-hybridized carbons (Fsp3) is 0.458. The van der Waals surface area contributed by atoms with Gasteiger partial charge in [-0.3, -0.25) is 9.78 Å². The molecule has 0 bridgehead atoms. The predicted octanol–water partition coefficient (Wildman–Crippen LogP) is 14.7. The van der Waals surface area contributed by atoms with Gasteiger partial charge in [-0.1, -0.05) is 130 Å². The summed E-state index contributed by atoms with van der Waals surface area (Å²) in [6.07, 6.45) is -1.00. The summed E-state index contributed by atoms with van der Waals surface area (Å²) in [5.74, 6) is -0.0594. The SMILES string of the molecule is Cc1c(-c2ccc(CC(C)(C)C(F)(F)F)cc2)sc2c(-c3[c-]c4ccccc4c(C(C)(C)C)c3)nccc12.[2H]/C(C(=O)C(CC)CC)=C(/O)C(C(C)C)C(C)C.[Ir]. The number of thiophene rings is 1. The van der Waals surface area contributed by atoms with E-state index in [9.17, 15) is 23.1 Å². The third-order valence-electron chi connectivity index (χ3n) is 10.7. The van der Waals surface area contributed by atoms with E-state index in [1.54, 1.807) is 11.3 Å². The molecule has 0 aliphatic carbocycles. The normalized spacial score (nSPS) is 13.2. The molecule has 0 amide bonds. The van der Waals surface area contributed by atoms with Crippen LogP contribution in [-0.2, 0) is 36.7 Å². The van der Waals surface area contributed by atoms with Crippen LogP contribution in [-0.4, -0.2) is 22.1 Å². The summed E-state index contributed by atoms with van der Waals surface area (Å²) in [6.45, 7) is 23.2. The van der Waals surface area contributed by atoms with Gasteiger partial charge in [-0.25, -0.2) is 0 Å². The number of aryl methyl sites for hydroxylation is 1. The monoisotopic (exact) mass is 964 g/mol. The Morgan fingerprint density at radius 3 is 2.05 bits per heavy atom. The van der Waals surface area contributed by atoms with Gasteiger partial charge < -0.3 is 5.11 Å². The molecule has 1 N–H and O–H groups in total. The van der Waals surface area contributed by atoms with Gasteiger partial charge in [-0.15, -0.1) is 40.5 Å². The van der Waals surface area contributed by atoms with Gasteiger partial charge >= 0.3 is 6.18 Å². The molecule has 2 heterocycles. The Bertz CT molecular complexity index is 2170. The van der Waals surface area contributed by atoms with Gasteiger partial charge in [0.1, 0.15) is 0 Å². The number of allylic oxidation sites excluding steroid dienone is 2. The molecular formula is C48H59F3IrNO2S-. The number of aliphatic hydroxyl groups excluding tert-OH is 1. The van der Waals surface area contributed by atoms with Crippen molar-refractivity contribution in [1.82, 2.24) is 4.98 Å². The zero-order chi connectivity index (χ0) is 41.9. The fourth-order valence-electron chi connectivity index (χ4n) is 7.35. The third kappa shape index (κ3) is 10.8. The second-order valence-electron chi connectivity index (χ2n) is 17.1. The minimum Gasteiger partial charge on any atom is -0.512 e. The second-order valence-corrected chi connectivity index (χ2v) is 18.2. The molecule has 0 spiro atoms. The number of aliphatic hydroxyl groups is 1. The number of nitrogens with zero attached hydrogens (tertiary/aromatic N) is 1. The summed E-state index contributed by atoms with van der Waals surface area (Å²) in [6, 6.07) is 23.5. The molecule has 305 valence electrons. The van der Waals surface area contributed by atoms with Crippen molar-refractivity contribution in [1.29, 1.82) is 0 Å². The van der Waals surface area contributed by atoms with E-state index in [4.69, 9.17) is 6.35 Å². The quantitative estimate of drug-likeness (QED) is 0.0815. The van der Waals surface area contributed by atoms with Crippen molar-refractivity contribution in [2.45, 2.75) is 114 Å². The number of fused-ring (bicyclic) bond motifs is 2. The average Bonchev–Trinajstić information content (AvgIpc) is 3.46. The number of carbonyl (C=O) groups is 1. The van der Waals surface area contributed by atoms with Crippen LogP contribution < -0.4 is 0 Å². The van der Waals surface area contributed by atoms with Gasteiger partial charge in [-0.2, -0.15) is 13.2 Å². The molecule has 3 nitrogen and oxygen atoms in total. The topological polar surface area (TPSA) is 50.2 Å². The summed E-state index contributed by atoms with van der Waals surface area (Å²) in [5, 5.41) is 13.6. The molecule has 56 heavy (non-hydrogen) atoms. The number of pyridine rings is 1. The smallest absolute Gasteiger partial charge is 0.394 e. The van der Waals surface area contributed by atoms with E-state index in [-0.39, 0.29) is 73.2 Å². The van der Waals surface area contributed by atoms with Crippen molar-refractivity contribution in [3.05, 3.63) is 101 Å². The molecule has 5 aromatic rings. The van der Waals surface area contributed by atoms with Crippen LogP contribution in [0.25, 0.3) is 42.6 Å². The van der Waals surface area contributed by atoms with Crippen LogP contribution in [0.1, 0.15) is 107 Å². The average molecular weight is 964 g/mol. The number of halogens is 3. The van der Waals surface area contributed by atoms with E-state index in [0.717, 1.165) is 55.6 Å². The van der Waals surface area contributed by atoms with Gasteiger partial charge in [0.05, 0.1) is 12.5 Å². The van der Waals surface area contributed by atoms with Crippen molar-refractivity contribution in [2.24, 2.45) is 29.1 Å². The van der Waals surface area contributed by atoms with E-state index < -0.39 is 11.6 Å². The Labute approximate surface area is 352 Å². The molecule has 3 aromatic carbocycles. The van der Waals surface area contributed by atoms with Crippen LogP contribution in [0.2, 0.25) is 0 Å². The molecule has 0 fully saturated rings. The van der Waals surface area contributed by atoms with Crippen LogP contribution in [0.15, 0.2) is 78.7 Å². The Morgan fingerprint density at radius 2 is 1.52 bits per heavy atom. The van der Waals surface area contributed by atoms with Crippen LogP contribution in [0.5, 0.6) is 0 Å². The van der Waals surface area contributed by atoms with Crippen LogP contribution >= 0.6 is 11.3 Å². The van der Waals surface area contributed by atoms with Crippen molar-refractivity contribution < 1.29 is 44.5 Å². The first kappa shape index (κ1) is 45.4. The molecule has 0 atom stereocenters. The van der Waals surface area contributed by atoms with Gasteiger partial charge in [0.2, 0.25) is 0 Å². The summed E-state index contributed by atoms with van der Waals surface area (Å²) in [5.41, 5.74) is 4.14. The molecule has 0 aliphatic heterocycles. The maximum Gasteiger partial charge on any atom is 0.394 e. The third-order valence-corrected chi connectivity index (χ3v) is 12.0. The summed E-state index contributed by atoms with van der Waals surface area (Å²) >= 11 is 1.68. The van der Waals surface area contributed by atoms with Crippen LogP contribution in [0.3, 0.4) is 0 Å². The zero-order valence-corrected chi connectivity index (χ0v) is 38.2. The molecule has 0 aliphatic rings. The molecule has 8 heteroatoms. The first-order chi connectivity index (χ1) is 26.0. The molecular weight excluding hydrogens is 904 g/mol. The molecule has 5 rings (SSSR count). The molecule has 1 radical (unpaired) electrons. The number of aromatic nitrogens is 1. The molecule has 0 saturated heterocycles. The van der Waals surface area contributed by atoms with E-state index in [2.05, 4.69) is 58.0 Å². The predicted molar refractivity (Wildman–Crippen MR) is 227 cm³/mol. The fourth-order valence-corrected chi connectivity index (χ4v) is 8.66. The first-order valence-corrected chi connectivity index (χ1v) is 20.3. The zero-order valence-electron chi connectivity index (χ0n) is 36.0. The minimum absolute atomic E-state index is 0. The standard InChI is InChI=1S/C33H31F3NS.C15H28O2.Ir/c1-20-25-15-16-37-28(24-17-23-9-7-8-10-26(23)27(18-24)31(2,3)4)30(25)38-29(20)22-13-11-21(12-14-22)19-32(5,6)33(34,35)36;1-7-12(8-2)13(16)9-14(17)15(10(3)4)11(5)6;/h7-16,18H,19H2,1-6H3;9-12,15,17H,7-8H2,1-6H3;/q-1;;/b;14-9-;/i;9D;. The molecule has 0 unspecified atom stereocenters. The number of rotatable bonds is 11. The van der Waals surface area contributed by atoms with E-state index in [0.29, 0.717) is 5.56 Å². The molecule has 0 saturated carbocycles. The minimum atomic E-state index is -4.25. The van der Waals surface area contributed by atoms with E-state index in [1.165, 1.54) is 24.8 Å². The summed E-state index contributed by atoms with van der Waals surface area (Å²) in [7, 11) is 0. The van der Waals surface area contributed by atoms with Crippen molar-refractivity contribution >= 4 is 38.0 Å². The number of carbonyl (C=O) groups excluding carboxylic acids is 1. The van der Waals surface area contributed by atoms with Crippen molar-refractivity contribution in [3.63, 3.8) is 0 Å². The number of hydrogen-bond donors (Lipinski definition) is 1.